The fourth-order valence-electron chi connectivity index (χ4n) is 4.02. The zero-order valence-electron chi connectivity index (χ0n) is 18.5. The first-order valence-electron chi connectivity index (χ1n) is 10.8. The van der Waals surface area contributed by atoms with Crippen LogP contribution in [0.5, 0.6) is 0 Å². The maximum atomic E-state index is 6.30. The Hall–Kier alpha value is -1.85. The van der Waals surface area contributed by atoms with Gasteiger partial charge in [-0.15, -0.1) is 24.0 Å². The van der Waals surface area contributed by atoms with Crippen LogP contribution in [0.25, 0.3) is 0 Å². The predicted molar refractivity (Wildman–Crippen MR) is 140 cm³/mol. The van der Waals surface area contributed by atoms with Crippen molar-refractivity contribution in [1.82, 2.24) is 20.6 Å². The third kappa shape index (κ3) is 6.35. The molecule has 0 amide bonds. The smallest absolute Gasteiger partial charge is 0.191 e. The quantitative estimate of drug-likeness (QED) is 0.325. The molecule has 2 aliphatic rings. The average molecular weight is 572 g/mol. The second-order valence-electron chi connectivity index (χ2n) is 7.96. The number of ether oxygens (including phenoxy) is 1. The number of aromatic nitrogens is 2. The summed E-state index contributed by atoms with van der Waals surface area (Å²) in [5, 5.41) is 7.64. The lowest BCUT2D eigenvalue weighted by molar-refractivity contribution is 0.0529. The van der Waals surface area contributed by atoms with Crippen LogP contribution in [0, 0.1) is 0 Å². The molecule has 2 N–H and O–H groups in total. The third-order valence-corrected chi connectivity index (χ3v) is 5.92. The van der Waals surface area contributed by atoms with Crippen molar-refractivity contribution in [1.29, 1.82) is 0 Å². The van der Waals surface area contributed by atoms with Gasteiger partial charge in [-0.05, 0) is 43.2 Å². The Bertz CT molecular complexity index is 915. The number of anilines is 2. The van der Waals surface area contributed by atoms with E-state index in [4.69, 9.17) is 16.3 Å². The molecule has 174 valence electrons. The SMILES string of the molecule is CN=C(NCc1ccnc(N2CCOC(C)C2)c1)NC1CCN(c2ncccc2Cl)C1.I. The minimum absolute atomic E-state index is 0. The van der Waals surface area contributed by atoms with Crippen LogP contribution in [-0.2, 0) is 11.3 Å². The van der Waals surface area contributed by atoms with Gasteiger partial charge in [0.25, 0.3) is 0 Å². The molecule has 2 atom stereocenters. The molecule has 0 spiro atoms. The highest BCUT2D eigenvalue weighted by Crippen LogP contribution is 2.25. The Balaban J connectivity index is 0.00000289. The summed E-state index contributed by atoms with van der Waals surface area (Å²) in [6.45, 7) is 7.01. The first kappa shape index (κ1) is 24.8. The van der Waals surface area contributed by atoms with Gasteiger partial charge in [0.2, 0.25) is 0 Å². The largest absolute Gasteiger partial charge is 0.375 e. The number of nitrogens with one attached hydrogen (secondary N) is 2. The van der Waals surface area contributed by atoms with Crippen molar-refractivity contribution in [3.05, 3.63) is 47.2 Å². The molecule has 0 bridgehead atoms. The first-order chi connectivity index (χ1) is 15.1. The van der Waals surface area contributed by atoms with Crippen molar-refractivity contribution in [3.63, 3.8) is 0 Å². The summed E-state index contributed by atoms with van der Waals surface area (Å²) in [5.41, 5.74) is 1.17. The van der Waals surface area contributed by atoms with Crippen molar-refractivity contribution in [2.45, 2.75) is 32.0 Å². The van der Waals surface area contributed by atoms with E-state index in [1.165, 1.54) is 5.56 Å². The normalized spacial score (nSPS) is 21.3. The van der Waals surface area contributed by atoms with Gasteiger partial charge in [0.1, 0.15) is 11.6 Å². The summed E-state index contributed by atoms with van der Waals surface area (Å²) >= 11 is 6.30. The van der Waals surface area contributed by atoms with Crippen molar-refractivity contribution in [3.8, 4) is 0 Å². The molecule has 0 aliphatic carbocycles. The molecule has 10 heteroatoms. The van der Waals surface area contributed by atoms with E-state index in [1.54, 1.807) is 13.2 Å². The molecular formula is C22H31ClIN7O. The molecule has 2 aliphatic heterocycles. The maximum absolute atomic E-state index is 6.30. The van der Waals surface area contributed by atoms with Crippen molar-refractivity contribution in [2.75, 3.05) is 49.6 Å². The van der Waals surface area contributed by atoms with E-state index in [0.717, 1.165) is 56.8 Å². The van der Waals surface area contributed by atoms with Gasteiger partial charge in [0.05, 0.1) is 17.7 Å². The van der Waals surface area contributed by atoms with E-state index in [2.05, 4.69) is 48.4 Å². The van der Waals surface area contributed by atoms with Crippen LogP contribution in [0.1, 0.15) is 18.9 Å². The molecule has 2 saturated heterocycles. The highest BCUT2D eigenvalue weighted by atomic mass is 127. The van der Waals surface area contributed by atoms with E-state index in [1.807, 2.05) is 24.4 Å². The molecule has 2 aromatic heterocycles. The van der Waals surface area contributed by atoms with Gasteiger partial charge >= 0.3 is 0 Å². The number of morpholine rings is 1. The Morgan fingerprint density at radius 1 is 1.22 bits per heavy atom. The van der Waals surface area contributed by atoms with Gasteiger partial charge in [0, 0.05) is 58.2 Å². The number of halogens is 2. The summed E-state index contributed by atoms with van der Waals surface area (Å²) in [4.78, 5) is 17.9. The molecule has 32 heavy (non-hydrogen) atoms. The van der Waals surface area contributed by atoms with E-state index in [-0.39, 0.29) is 36.1 Å². The number of hydrogen-bond donors (Lipinski definition) is 2. The fraction of sp³-hybridized carbons (Fsp3) is 0.500. The van der Waals surface area contributed by atoms with Crippen LogP contribution in [0.3, 0.4) is 0 Å². The summed E-state index contributed by atoms with van der Waals surface area (Å²) in [6, 6.07) is 8.19. The van der Waals surface area contributed by atoms with Crippen LogP contribution in [0.4, 0.5) is 11.6 Å². The molecule has 0 radical (unpaired) electrons. The molecule has 8 nitrogen and oxygen atoms in total. The summed E-state index contributed by atoms with van der Waals surface area (Å²) < 4.78 is 5.64. The zero-order chi connectivity index (χ0) is 21.6. The minimum atomic E-state index is 0. The highest BCUT2D eigenvalue weighted by molar-refractivity contribution is 14.0. The lowest BCUT2D eigenvalue weighted by atomic mass is 10.2. The number of nitrogens with zero attached hydrogens (tertiary/aromatic N) is 5. The van der Waals surface area contributed by atoms with Crippen molar-refractivity contribution in [2.24, 2.45) is 4.99 Å². The lowest BCUT2D eigenvalue weighted by Gasteiger charge is -2.32. The van der Waals surface area contributed by atoms with E-state index >= 15 is 0 Å². The Morgan fingerprint density at radius 3 is 2.88 bits per heavy atom. The summed E-state index contributed by atoms with van der Waals surface area (Å²) in [6.07, 6.45) is 4.88. The Labute approximate surface area is 211 Å². The third-order valence-electron chi connectivity index (χ3n) is 5.63. The number of pyridine rings is 2. The number of aliphatic imine (C=N–C) groups is 1. The van der Waals surface area contributed by atoms with Crippen molar-refractivity contribution < 1.29 is 4.74 Å². The number of guanidine groups is 1. The monoisotopic (exact) mass is 571 g/mol. The van der Waals surface area contributed by atoms with Crippen molar-refractivity contribution >= 4 is 53.2 Å². The van der Waals surface area contributed by atoms with Gasteiger partial charge in [-0.2, -0.15) is 0 Å². The summed E-state index contributed by atoms with van der Waals surface area (Å²) in [7, 11) is 1.80. The molecule has 2 fully saturated rings. The second-order valence-corrected chi connectivity index (χ2v) is 8.37. The first-order valence-corrected chi connectivity index (χ1v) is 11.1. The number of rotatable bonds is 5. The Morgan fingerprint density at radius 2 is 2.09 bits per heavy atom. The van der Waals surface area contributed by atoms with Crippen LogP contribution in [-0.4, -0.2) is 67.9 Å². The zero-order valence-corrected chi connectivity index (χ0v) is 21.6. The second kappa shape index (κ2) is 11.9. The van der Waals surface area contributed by atoms with Crippen LogP contribution in [0.15, 0.2) is 41.7 Å². The average Bonchev–Trinajstić information content (AvgIpc) is 3.25. The molecule has 4 rings (SSSR count). The fourth-order valence-corrected chi connectivity index (χ4v) is 4.27. The highest BCUT2D eigenvalue weighted by Gasteiger charge is 2.25. The molecule has 2 aromatic rings. The van der Waals surface area contributed by atoms with Gasteiger partial charge in [-0.3, -0.25) is 4.99 Å². The van der Waals surface area contributed by atoms with Gasteiger partial charge in [-0.1, -0.05) is 11.6 Å². The molecule has 0 saturated carbocycles. The van der Waals surface area contributed by atoms with E-state index in [0.29, 0.717) is 11.6 Å². The lowest BCUT2D eigenvalue weighted by Crippen LogP contribution is -2.44. The standard InChI is InChI=1S/C22H30ClN7O.HI/c1-16-14-29(10-11-31-16)20-12-17(5-8-25-20)13-27-22(24-2)28-18-6-9-30(15-18)21-19(23)4-3-7-26-21;/h3-5,7-8,12,16,18H,6,9-11,13-15H2,1-2H3,(H2,24,27,28);1H. The topological polar surface area (TPSA) is 77.9 Å². The van der Waals surface area contributed by atoms with Crippen LogP contribution < -0.4 is 20.4 Å². The molecule has 0 aromatic carbocycles. The minimum Gasteiger partial charge on any atom is -0.375 e. The molecular weight excluding hydrogens is 541 g/mol. The van der Waals surface area contributed by atoms with Gasteiger partial charge in [-0.25, -0.2) is 9.97 Å². The van der Waals surface area contributed by atoms with Gasteiger partial charge in [0.15, 0.2) is 5.96 Å². The Kier molecular flexibility index (Phi) is 9.18. The maximum Gasteiger partial charge on any atom is 0.191 e. The summed E-state index contributed by atoms with van der Waals surface area (Å²) in [5.74, 6) is 2.63. The number of hydrogen-bond acceptors (Lipinski definition) is 6. The van der Waals surface area contributed by atoms with Crippen LogP contribution >= 0.6 is 35.6 Å². The van der Waals surface area contributed by atoms with E-state index < -0.39 is 0 Å². The predicted octanol–water partition coefficient (Wildman–Crippen LogP) is 2.92. The molecule has 2 unspecified atom stereocenters. The molecule has 4 heterocycles. The van der Waals surface area contributed by atoms with Gasteiger partial charge < -0.3 is 25.2 Å². The van der Waals surface area contributed by atoms with E-state index in [9.17, 15) is 0 Å². The van der Waals surface area contributed by atoms with Crippen LogP contribution in [0.2, 0.25) is 5.02 Å².